The molecular weight excluding hydrogens is 240 g/mol. The molecule has 0 aromatic carbocycles. The highest BCUT2D eigenvalue weighted by Gasteiger charge is 2.30. The van der Waals surface area contributed by atoms with E-state index in [1.54, 1.807) is 0 Å². The van der Waals surface area contributed by atoms with Crippen molar-refractivity contribution in [2.75, 3.05) is 19.9 Å². The Balaban J connectivity index is 2.89. The van der Waals surface area contributed by atoms with Crippen LogP contribution < -0.4 is 0 Å². The fourth-order valence-electron chi connectivity index (χ4n) is 1.12. The summed E-state index contributed by atoms with van der Waals surface area (Å²) >= 11 is 0. The van der Waals surface area contributed by atoms with Crippen molar-refractivity contribution < 1.29 is 15.1 Å². The van der Waals surface area contributed by atoms with Gasteiger partial charge in [0.25, 0.3) is 0 Å². The zero-order chi connectivity index (χ0) is 13.0. The summed E-state index contributed by atoms with van der Waals surface area (Å²) in [4.78, 5) is 31.6. The number of rotatable bonds is 3. The molecule has 0 atom stereocenters. The standard InChI is InChI=1S/C5H8N6O6/c12-9(13)6-2-1-3-7(10(14)15)5-8(4-6)11(16)17/h1-2H,3-5H2/b2-1-. The molecule has 0 fully saturated rings. The summed E-state index contributed by atoms with van der Waals surface area (Å²) in [6, 6.07) is 0. The fourth-order valence-corrected chi connectivity index (χ4v) is 1.12. The number of hydrogen-bond acceptors (Lipinski definition) is 6. The van der Waals surface area contributed by atoms with Crippen LogP contribution in [0, 0.1) is 30.3 Å². The lowest BCUT2D eigenvalue weighted by atomic mass is 10.5. The molecule has 0 bridgehead atoms. The predicted octanol–water partition coefficient (Wildman–Crippen LogP) is -1.09. The van der Waals surface area contributed by atoms with Gasteiger partial charge in [-0.15, -0.1) is 0 Å². The Kier molecular flexibility index (Phi) is 3.58. The fraction of sp³-hybridized carbons (Fsp3) is 0.600. The van der Waals surface area contributed by atoms with Gasteiger partial charge < -0.3 is 0 Å². The van der Waals surface area contributed by atoms with Crippen LogP contribution in [-0.4, -0.2) is 50.0 Å². The van der Waals surface area contributed by atoms with Crippen LogP contribution in [0.5, 0.6) is 0 Å². The minimum absolute atomic E-state index is 0.262. The van der Waals surface area contributed by atoms with E-state index in [1.165, 1.54) is 6.08 Å². The molecule has 1 rings (SSSR count). The van der Waals surface area contributed by atoms with Gasteiger partial charge in [-0.25, -0.2) is 30.3 Å². The summed E-state index contributed by atoms with van der Waals surface area (Å²) < 4.78 is 0. The Morgan fingerprint density at radius 2 is 1.47 bits per heavy atom. The molecule has 0 saturated heterocycles. The third-order valence-corrected chi connectivity index (χ3v) is 1.90. The van der Waals surface area contributed by atoms with Crippen LogP contribution in [0.1, 0.15) is 0 Å². The van der Waals surface area contributed by atoms with Crippen LogP contribution in [0.3, 0.4) is 0 Å². The first-order chi connectivity index (χ1) is 7.91. The van der Waals surface area contributed by atoms with E-state index in [0.29, 0.717) is 15.0 Å². The highest BCUT2D eigenvalue weighted by molar-refractivity contribution is 4.81. The first kappa shape index (κ1) is 12.4. The summed E-state index contributed by atoms with van der Waals surface area (Å²) in [5, 5.41) is 30.4. The van der Waals surface area contributed by atoms with Crippen LogP contribution in [-0.2, 0) is 0 Å². The van der Waals surface area contributed by atoms with Gasteiger partial charge in [0.2, 0.25) is 13.3 Å². The summed E-state index contributed by atoms with van der Waals surface area (Å²) in [5.74, 6) is 0. The lowest BCUT2D eigenvalue weighted by Gasteiger charge is -2.22. The molecule has 17 heavy (non-hydrogen) atoms. The van der Waals surface area contributed by atoms with E-state index >= 15 is 0 Å². The van der Waals surface area contributed by atoms with Crippen LogP contribution in [0.25, 0.3) is 0 Å². The molecule has 0 aromatic heterocycles. The van der Waals surface area contributed by atoms with Crippen molar-refractivity contribution >= 4 is 0 Å². The van der Waals surface area contributed by atoms with Gasteiger partial charge in [0, 0.05) is 0 Å². The van der Waals surface area contributed by atoms with E-state index in [4.69, 9.17) is 0 Å². The molecular formula is C5H8N6O6. The minimum Gasteiger partial charge on any atom is -0.235 e. The van der Waals surface area contributed by atoms with Gasteiger partial charge in [-0.05, 0) is 6.08 Å². The molecule has 12 heteroatoms. The Morgan fingerprint density at radius 1 is 0.882 bits per heavy atom. The van der Waals surface area contributed by atoms with Gasteiger partial charge in [0.05, 0.1) is 6.20 Å². The predicted molar refractivity (Wildman–Crippen MR) is 50.2 cm³/mol. The van der Waals surface area contributed by atoms with Gasteiger partial charge in [-0.2, -0.15) is 0 Å². The molecule has 0 amide bonds. The van der Waals surface area contributed by atoms with Crippen LogP contribution >= 0.6 is 0 Å². The largest absolute Gasteiger partial charge is 0.235 e. The SMILES string of the molecule is O=[N+]([O-])N1/C=C\CN([N+](=O)[O-])CN([N+](=O)[O-])C1. The molecule has 94 valence electrons. The van der Waals surface area contributed by atoms with E-state index in [9.17, 15) is 30.3 Å². The highest BCUT2D eigenvalue weighted by Crippen LogP contribution is 2.04. The van der Waals surface area contributed by atoms with Gasteiger partial charge in [-0.1, -0.05) is 15.0 Å². The molecule has 0 aliphatic carbocycles. The molecule has 0 N–H and O–H groups in total. The van der Waals surface area contributed by atoms with Crippen molar-refractivity contribution in [3.8, 4) is 0 Å². The summed E-state index contributed by atoms with van der Waals surface area (Å²) in [7, 11) is 0. The Labute approximate surface area is 93.7 Å². The quantitative estimate of drug-likeness (QED) is 0.450. The maximum absolute atomic E-state index is 10.6. The lowest BCUT2D eigenvalue weighted by molar-refractivity contribution is -0.733. The van der Waals surface area contributed by atoms with Crippen LogP contribution in [0.2, 0.25) is 0 Å². The zero-order valence-electron chi connectivity index (χ0n) is 8.41. The Bertz CT molecular complexity index is 370. The normalized spacial score (nSPS) is 18.2. The van der Waals surface area contributed by atoms with E-state index < -0.39 is 28.4 Å². The van der Waals surface area contributed by atoms with Gasteiger partial charge >= 0.3 is 0 Å². The van der Waals surface area contributed by atoms with Gasteiger partial charge in [0.1, 0.15) is 6.54 Å². The Morgan fingerprint density at radius 3 is 1.94 bits per heavy atom. The van der Waals surface area contributed by atoms with Crippen molar-refractivity contribution in [1.29, 1.82) is 0 Å². The molecule has 1 aliphatic rings. The van der Waals surface area contributed by atoms with Crippen molar-refractivity contribution in [2.24, 2.45) is 0 Å². The van der Waals surface area contributed by atoms with Gasteiger partial charge in [-0.3, -0.25) is 0 Å². The molecule has 12 nitrogen and oxygen atoms in total. The highest BCUT2D eigenvalue weighted by atomic mass is 16.7. The third-order valence-electron chi connectivity index (χ3n) is 1.90. The smallest absolute Gasteiger partial charge is 0.215 e. The van der Waals surface area contributed by atoms with Crippen molar-refractivity contribution in [3.63, 3.8) is 0 Å². The number of hydrazine groups is 3. The van der Waals surface area contributed by atoms with E-state index in [1.807, 2.05) is 0 Å². The van der Waals surface area contributed by atoms with Crippen LogP contribution in [0.4, 0.5) is 0 Å². The molecule has 1 heterocycles. The number of hydrogen-bond donors (Lipinski definition) is 0. The summed E-state index contributed by atoms with van der Waals surface area (Å²) in [6.45, 7) is -1.59. The lowest BCUT2D eigenvalue weighted by Crippen LogP contribution is -2.50. The van der Waals surface area contributed by atoms with Gasteiger partial charge in [0.15, 0.2) is 15.1 Å². The molecule has 0 unspecified atom stereocenters. The second kappa shape index (κ2) is 4.91. The molecule has 0 spiro atoms. The van der Waals surface area contributed by atoms with Crippen molar-refractivity contribution in [2.45, 2.75) is 0 Å². The number of nitrogens with zero attached hydrogens (tertiary/aromatic N) is 6. The first-order valence-electron chi connectivity index (χ1n) is 4.28. The second-order valence-electron chi connectivity index (χ2n) is 3.02. The molecule has 0 aromatic rings. The molecule has 1 aliphatic heterocycles. The Hall–Kier alpha value is -2.66. The maximum Gasteiger partial charge on any atom is 0.215 e. The van der Waals surface area contributed by atoms with E-state index in [0.717, 1.165) is 6.20 Å². The minimum atomic E-state index is -0.924. The van der Waals surface area contributed by atoms with Crippen molar-refractivity contribution in [1.82, 2.24) is 15.0 Å². The van der Waals surface area contributed by atoms with Crippen molar-refractivity contribution in [3.05, 3.63) is 42.6 Å². The maximum atomic E-state index is 10.6. The molecule has 0 radical (unpaired) electrons. The summed E-state index contributed by atoms with van der Waals surface area (Å²) in [6.07, 6.45) is 2.13. The van der Waals surface area contributed by atoms with E-state index in [-0.39, 0.29) is 6.54 Å². The topological polar surface area (TPSA) is 139 Å². The average molecular weight is 248 g/mol. The second-order valence-corrected chi connectivity index (χ2v) is 3.02. The van der Waals surface area contributed by atoms with E-state index in [2.05, 4.69) is 0 Å². The van der Waals surface area contributed by atoms with Crippen LogP contribution in [0.15, 0.2) is 12.3 Å². The zero-order valence-corrected chi connectivity index (χ0v) is 8.41. The monoisotopic (exact) mass is 248 g/mol. The first-order valence-corrected chi connectivity index (χ1v) is 4.28. The molecule has 0 saturated carbocycles. The third kappa shape index (κ3) is 3.15. The average Bonchev–Trinajstić information content (AvgIpc) is 2.15. The summed E-state index contributed by atoms with van der Waals surface area (Å²) in [5.41, 5.74) is 0. The number of nitro groups is 3.